The molecule has 0 N–H and O–H groups in total. The van der Waals surface area contributed by atoms with E-state index in [9.17, 15) is 0 Å². The largest absolute Gasteiger partial charge is 0.152 e. The van der Waals surface area contributed by atoms with Gasteiger partial charge >= 0.3 is 0 Å². The molecule has 0 aromatic heterocycles. The molecule has 0 radical (unpaired) electrons. The Balaban J connectivity index is 2.52. The number of hydrogen-bond acceptors (Lipinski definition) is 1. The summed E-state index contributed by atoms with van der Waals surface area (Å²) in [6.07, 6.45) is 0. The monoisotopic (exact) mass is 170 g/mol. The predicted octanol–water partition coefficient (Wildman–Crippen LogP) is 3.09. The van der Waals surface area contributed by atoms with E-state index in [4.69, 9.17) is 11.6 Å². The molecule has 0 aliphatic carbocycles. The van der Waals surface area contributed by atoms with Crippen molar-refractivity contribution in [3.8, 4) is 0 Å². The molecule has 0 saturated carbocycles. The molecule has 0 unspecified atom stereocenters. The van der Waals surface area contributed by atoms with Gasteiger partial charge in [0.2, 0.25) is 0 Å². The lowest BCUT2D eigenvalue weighted by Crippen LogP contribution is -1.79. The predicted molar refractivity (Wildman–Crippen MR) is 46.5 cm³/mol. The topological polar surface area (TPSA) is 0 Å². The molecule has 2 rings (SSSR count). The van der Waals surface area contributed by atoms with Gasteiger partial charge < -0.3 is 0 Å². The van der Waals surface area contributed by atoms with E-state index in [1.54, 1.807) is 0 Å². The molecule has 2 heteroatoms. The normalized spacial score (nSPS) is 15.3. The van der Waals surface area contributed by atoms with Gasteiger partial charge in [-0.2, -0.15) is 11.8 Å². The van der Waals surface area contributed by atoms with Crippen molar-refractivity contribution >= 4 is 23.4 Å². The maximum Gasteiger partial charge on any atom is 0.0409 e. The molecule has 0 bridgehead atoms. The van der Waals surface area contributed by atoms with Crippen molar-refractivity contribution in [1.29, 1.82) is 0 Å². The number of benzene rings is 1. The van der Waals surface area contributed by atoms with Crippen LogP contribution in [0.25, 0.3) is 0 Å². The summed E-state index contributed by atoms with van der Waals surface area (Å²) in [5.74, 6) is 2.29. The van der Waals surface area contributed by atoms with E-state index in [0.29, 0.717) is 0 Å². The van der Waals surface area contributed by atoms with Crippen LogP contribution in [0.5, 0.6) is 0 Å². The van der Waals surface area contributed by atoms with Gasteiger partial charge in [-0.3, -0.25) is 0 Å². The number of hydrogen-bond donors (Lipinski definition) is 0. The first-order valence-electron chi connectivity index (χ1n) is 3.21. The summed E-state index contributed by atoms with van der Waals surface area (Å²) in [6.45, 7) is 0. The van der Waals surface area contributed by atoms with Crippen LogP contribution < -0.4 is 0 Å². The molecule has 0 amide bonds. The molecule has 1 aromatic carbocycles. The maximum atomic E-state index is 5.81. The van der Waals surface area contributed by atoms with Gasteiger partial charge in [-0.15, -0.1) is 0 Å². The van der Waals surface area contributed by atoms with Crippen molar-refractivity contribution in [2.45, 2.75) is 11.5 Å². The highest BCUT2D eigenvalue weighted by atomic mass is 35.5. The Bertz CT molecular complexity index is 257. The molecule has 52 valence electrons. The van der Waals surface area contributed by atoms with E-state index in [0.717, 1.165) is 16.5 Å². The molecule has 10 heavy (non-hydrogen) atoms. The molecule has 1 heterocycles. The van der Waals surface area contributed by atoms with Crippen LogP contribution in [0.4, 0.5) is 0 Å². The van der Waals surface area contributed by atoms with Crippen LogP contribution in [-0.2, 0) is 11.5 Å². The Morgan fingerprint density at radius 2 is 2.00 bits per heavy atom. The fraction of sp³-hybridized carbons (Fsp3) is 0.250. The van der Waals surface area contributed by atoms with Crippen molar-refractivity contribution in [2.75, 3.05) is 0 Å². The first kappa shape index (κ1) is 6.56. The summed E-state index contributed by atoms with van der Waals surface area (Å²) >= 11 is 7.77. The maximum absolute atomic E-state index is 5.81. The lowest BCUT2D eigenvalue weighted by molar-refractivity contribution is 1.35. The zero-order chi connectivity index (χ0) is 6.97. The van der Waals surface area contributed by atoms with Crippen LogP contribution in [0.3, 0.4) is 0 Å². The SMILES string of the molecule is Clc1ccc2c(c1)CSC2. The lowest BCUT2D eigenvalue weighted by Gasteiger charge is -1.95. The molecular weight excluding hydrogens is 164 g/mol. The number of rotatable bonds is 0. The minimum Gasteiger partial charge on any atom is -0.152 e. The summed E-state index contributed by atoms with van der Waals surface area (Å²) in [5, 5.41) is 0.862. The molecule has 0 atom stereocenters. The van der Waals surface area contributed by atoms with E-state index >= 15 is 0 Å². The Morgan fingerprint density at radius 3 is 2.90 bits per heavy atom. The molecule has 0 spiro atoms. The van der Waals surface area contributed by atoms with Crippen LogP contribution in [-0.4, -0.2) is 0 Å². The lowest BCUT2D eigenvalue weighted by atomic mass is 10.1. The van der Waals surface area contributed by atoms with E-state index in [1.807, 2.05) is 17.8 Å². The van der Waals surface area contributed by atoms with Crippen molar-refractivity contribution < 1.29 is 0 Å². The minimum absolute atomic E-state index is 0.862. The molecule has 1 aromatic rings. The average molecular weight is 171 g/mol. The second-order valence-electron chi connectivity index (χ2n) is 2.41. The summed E-state index contributed by atoms with van der Waals surface area (Å²) in [4.78, 5) is 0. The highest BCUT2D eigenvalue weighted by molar-refractivity contribution is 7.98. The Kier molecular flexibility index (Phi) is 1.63. The van der Waals surface area contributed by atoms with Gasteiger partial charge in [0.1, 0.15) is 0 Å². The van der Waals surface area contributed by atoms with E-state index < -0.39 is 0 Å². The Labute approximate surface area is 69.6 Å². The molecule has 0 saturated heterocycles. The minimum atomic E-state index is 0.862. The van der Waals surface area contributed by atoms with Crippen LogP contribution in [0.2, 0.25) is 5.02 Å². The summed E-state index contributed by atoms with van der Waals surface area (Å²) in [5.41, 5.74) is 2.87. The number of fused-ring (bicyclic) bond motifs is 1. The molecule has 0 fully saturated rings. The summed E-state index contributed by atoms with van der Waals surface area (Å²) < 4.78 is 0. The van der Waals surface area contributed by atoms with Gasteiger partial charge in [0.25, 0.3) is 0 Å². The van der Waals surface area contributed by atoms with Gasteiger partial charge in [0, 0.05) is 16.5 Å². The van der Waals surface area contributed by atoms with Crippen LogP contribution in [0, 0.1) is 0 Å². The first-order chi connectivity index (χ1) is 4.86. The Hall–Kier alpha value is -0.140. The fourth-order valence-corrected chi connectivity index (χ4v) is 2.43. The molecule has 1 aliphatic rings. The number of halogens is 1. The fourth-order valence-electron chi connectivity index (χ4n) is 1.14. The zero-order valence-electron chi connectivity index (χ0n) is 5.43. The second-order valence-corrected chi connectivity index (χ2v) is 3.83. The van der Waals surface area contributed by atoms with Gasteiger partial charge in [-0.25, -0.2) is 0 Å². The third-order valence-electron chi connectivity index (χ3n) is 1.68. The zero-order valence-corrected chi connectivity index (χ0v) is 7.00. The summed E-state index contributed by atoms with van der Waals surface area (Å²) in [6, 6.07) is 6.15. The number of thioether (sulfide) groups is 1. The third kappa shape index (κ3) is 1.04. The Morgan fingerprint density at radius 1 is 1.20 bits per heavy atom. The first-order valence-corrected chi connectivity index (χ1v) is 4.74. The highest BCUT2D eigenvalue weighted by Crippen LogP contribution is 2.31. The van der Waals surface area contributed by atoms with Crippen LogP contribution >= 0.6 is 23.4 Å². The van der Waals surface area contributed by atoms with Gasteiger partial charge in [-0.1, -0.05) is 17.7 Å². The second kappa shape index (κ2) is 2.48. The van der Waals surface area contributed by atoms with E-state index in [-0.39, 0.29) is 0 Å². The van der Waals surface area contributed by atoms with Gasteiger partial charge in [-0.05, 0) is 23.3 Å². The summed E-state index contributed by atoms with van der Waals surface area (Å²) in [7, 11) is 0. The van der Waals surface area contributed by atoms with Gasteiger partial charge in [0.05, 0.1) is 0 Å². The highest BCUT2D eigenvalue weighted by Gasteiger charge is 2.09. The molecule has 1 aliphatic heterocycles. The third-order valence-corrected chi connectivity index (χ3v) is 2.95. The van der Waals surface area contributed by atoms with Crippen molar-refractivity contribution in [1.82, 2.24) is 0 Å². The van der Waals surface area contributed by atoms with E-state index in [1.165, 1.54) is 11.1 Å². The molecule has 0 nitrogen and oxygen atoms in total. The standard InChI is InChI=1S/C8H7ClS/c9-8-2-1-6-4-10-5-7(6)3-8/h1-3H,4-5H2. The van der Waals surface area contributed by atoms with Crippen molar-refractivity contribution in [3.63, 3.8) is 0 Å². The van der Waals surface area contributed by atoms with Gasteiger partial charge in [0.15, 0.2) is 0 Å². The van der Waals surface area contributed by atoms with Crippen molar-refractivity contribution in [2.24, 2.45) is 0 Å². The van der Waals surface area contributed by atoms with E-state index in [2.05, 4.69) is 12.1 Å². The smallest absolute Gasteiger partial charge is 0.0409 e. The van der Waals surface area contributed by atoms with Crippen molar-refractivity contribution in [3.05, 3.63) is 34.3 Å². The quantitative estimate of drug-likeness (QED) is 0.577. The average Bonchev–Trinajstić information content (AvgIpc) is 2.33. The van der Waals surface area contributed by atoms with Crippen LogP contribution in [0.15, 0.2) is 18.2 Å². The molecular formula is C8H7ClS. The van der Waals surface area contributed by atoms with Crippen LogP contribution in [0.1, 0.15) is 11.1 Å².